The first-order valence-electron chi connectivity index (χ1n) is 9.44. The van der Waals surface area contributed by atoms with Crippen molar-refractivity contribution in [3.05, 3.63) is 59.4 Å². The summed E-state index contributed by atoms with van der Waals surface area (Å²) in [7, 11) is 0. The lowest BCUT2D eigenvalue weighted by atomic mass is 9.93. The molecule has 32 heavy (non-hydrogen) atoms. The summed E-state index contributed by atoms with van der Waals surface area (Å²) in [5.41, 5.74) is -1.20. The average molecular weight is 445 g/mol. The summed E-state index contributed by atoms with van der Waals surface area (Å²) in [4.78, 5) is 4.26. The fraction of sp³-hybridized carbons (Fsp3) is 0.227. The van der Waals surface area contributed by atoms with Gasteiger partial charge in [0.15, 0.2) is 11.6 Å². The van der Waals surface area contributed by atoms with E-state index in [4.69, 9.17) is 0 Å². The van der Waals surface area contributed by atoms with E-state index in [0.717, 1.165) is 19.9 Å². The molecule has 0 saturated carbocycles. The number of aryl methyl sites for hydroxylation is 1. The molecular formula is C22H16F5N5. The lowest BCUT2D eigenvalue weighted by molar-refractivity contribution is -0.190. The highest BCUT2D eigenvalue weighted by atomic mass is 19.4. The highest BCUT2D eigenvalue weighted by Crippen LogP contribution is 2.37. The van der Waals surface area contributed by atoms with Crippen molar-refractivity contribution < 1.29 is 22.0 Å². The average Bonchev–Trinajstić information content (AvgIpc) is 3.09. The van der Waals surface area contributed by atoms with Crippen LogP contribution in [0, 0.1) is 35.8 Å². The molecule has 4 aromatic rings. The second-order valence-corrected chi connectivity index (χ2v) is 7.68. The lowest BCUT2D eigenvalue weighted by Gasteiger charge is -2.21. The van der Waals surface area contributed by atoms with Gasteiger partial charge in [-0.1, -0.05) is 17.9 Å². The minimum absolute atomic E-state index is 0.0161. The van der Waals surface area contributed by atoms with Crippen LogP contribution >= 0.6 is 0 Å². The summed E-state index contributed by atoms with van der Waals surface area (Å²) in [5, 5.41) is 10.6. The van der Waals surface area contributed by atoms with Gasteiger partial charge in [0.05, 0.1) is 10.9 Å². The van der Waals surface area contributed by atoms with Crippen molar-refractivity contribution in [2.75, 3.05) is 5.32 Å². The van der Waals surface area contributed by atoms with Crippen molar-refractivity contribution in [2.45, 2.75) is 26.9 Å². The largest absolute Gasteiger partial charge is 0.404 e. The molecule has 2 aromatic carbocycles. The van der Waals surface area contributed by atoms with Crippen molar-refractivity contribution in [1.82, 2.24) is 19.6 Å². The molecule has 0 unspecified atom stereocenters. The summed E-state index contributed by atoms with van der Waals surface area (Å²) >= 11 is 0. The van der Waals surface area contributed by atoms with E-state index in [0.29, 0.717) is 22.6 Å². The molecule has 0 aliphatic rings. The number of benzene rings is 2. The van der Waals surface area contributed by atoms with E-state index in [1.165, 1.54) is 16.5 Å². The molecule has 2 aromatic heterocycles. The number of hydrogen-bond donors (Lipinski definition) is 1. The molecule has 2 heterocycles. The highest BCUT2D eigenvalue weighted by Gasteiger charge is 2.46. The van der Waals surface area contributed by atoms with Gasteiger partial charge in [-0.15, -0.1) is 10.2 Å². The van der Waals surface area contributed by atoms with E-state index in [2.05, 4.69) is 32.3 Å². The Bertz CT molecular complexity index is 1410. The van der Waals surface area contributed by atoms with Crippen molar-refractivity contribution in [2.24, 2.45) is 5.41 Å². The maximum Gasteiger partial charge on any atom is 0.404 e. The predicted octanol–water partition coefficient (Wildman–Crippen LogP) is 5.55. The van der Waals surface area contributed by atoms with Crippen molar-refractivity contribution >= 4 is 28.2 Å². The van der Waals surface area contributed by atoms with Crippen LogP contribution in [-0.2, 0) is 0 Å². The summed E-state index contributed by atoms with van der Waals surface area (Å²) < 4.78 is 69.4. The third kappa shape index (κ3) is 3.70. The molecule has 0 aliphatic carbocycles. The molecular weight excluding hydrogens is 429 g/mol. The van der Waals surface area contributed by atoms with E-state index >= 15 is 0 Å². The zero-order valence-corrected chi connectivity index (χ0v) is 17.1. The Morgan fingerprint density at radius 2 is 1.78 bits per heavy atom. The number of fused-ring (bicyclic) bond motifs is 3. The predicted molar refractivity (Wildman–Crippen MR) is 109 cm³/mol. The molecule has 0 atom stereocenters. The van der Waals surface area contributed by atoms with Crippen molar-refractivity contribution in [1.29, 1.82) is 0 Å². The van der Waals surface area contributed by atoms with Gasteiger partial charge < -0.3 is 5.32 Å². The van der Waals surface area contributed by atoms with Crippen molar-refractivity contribution in [3.63, 3.8) is 0 Å². The van der Waals surface area contributed by atoms with E-state index in [1.807, 2.05) is 0 Å². The first kappa shape index (κ1) is 21.5. The van der Waals surface area contributed by atoms with Gasteiger partial charge >= 0.3 is 6.18 Å². The van der Waals surface area contributed by atoms with Crippen molar-refractivity contribution in [3.8, 4) is 11.8 Å². The van der Waals surface area contributed by atoms with Gasteiger partial charge in [0.1, 0.15) is 17.1 Å². The fourth-order valence-electron chi connectivity index (χ4n) is 3.01. The van der Waals surface area contributed by atoms with Crippen LogP contribution in [-0.4, -0.2) is 25.8 Å². The van der Waals surface area contributed by atoms with Crippen LogP contribution in [0.3, 0.4) is 0 Å². The number of alkyl halides is 3. The molecule has 0 amide bonds. The van der Waals surface area contributed by atoms with Crippen LogP contribution in [0.2, 0.25) is 0 Å². The highest BCUT2D eigenvalue weighted by molar-refractivity contribution is 5.93. The molecule has 164 valence electrons. The van der Waals surface area contributed by atoms with Gasteiger partial charge in [-0.2, -0.15) is 18.2 Å². The standard InChI is InChI=1S/C22H16F5N5/c1-12-30-31-20-29-19(17-16(32(12)20)8-7-15(23)18(17)24)28-14-6-4-5-13(11-14)9-10-21(2,3)22(25,26)27/h4-8,11H,1-3H3,(H,28,29,31). The molecule has 1 N–H and O–H groups in total. The number of halogens is 5. The molecule has 0 bridgehead atoms. The molecule has 0 fully saturated rings. The van der Waals surface area contributed by atoms with E-state index in [9.17, 15) is 22.0 Å². The van der Waals surface area contributed by atoms with Gasteiger partial charge in [0.25, 0.3) is 5.78 Å². The Morgan fingerprint density at radius 1 is 1.03 bits per heavy atom. The molecule has 0 saturated heterocycles. The summed E-state index contributed by atoms with van der Waals surface area (Å²) in [5.74, 6) is 3.19. The smallest absolute Gasteiger partial charge is 0.339 e. The van der Waals surface area contributed by atoms with Gasteiger partial charge in [-0.05, 0) is 51.1 Å². The minimum Gasteiger partial charge on any atom is -0.339 e. The Hall–Kier alpha value is -3.74. The third-order valence-electron chi connectivity index (χ3n) is 4.92. The Labute approximate surface area is 179 Å². The van der Waals surface area contributed by atoms with Crippen LogP contribution in [0.4, 0.5) is 33.5 Å². The fourth-order valence-corrected chi connectivity index (χ4v) is 3.01. The SMILES string of the molecule is Cc1nnc2nc(Nc3cccc(C#CC(C)(C)C(F)(F)F)c3)c3c(F)c(F)ccc3n12. The summed E-state index contributed by atoms with van der Waals surface area (Å²) in [6, 6.07) is 8.60. The number of rotatable bonds is 2. The number of anilines is 2. The topological polar surface area (TPSA) is 55.1 Å². The number of aromatic nitrogens is 4. The quantitative estimate of drug-likeness (QED) is 0.325. The molecule has 0 spiro atoms. The van der Waals surface area contributed by atoms with Crippen LogP contribution in [0.15, 0.2) is 36.4 Å². The Morgan fingerprint density at radius 3 is 2.50 bits per heavy atom. The summed E-state index contributed by atoms with van der Waals surface area (Å²) in [6.07, 6.45) is -4.48. The lowest BCUT2D eigenvalue weighted by Crippen LogP contribution is -2.30. The first-order chi connectivity index (χ1) is 15.0. The van der Waals surface area contributed by atoms with Crippen LogP contribution in [0.25, 0.3) is 16.7 Å². The third-order valence-corrected chi connectivity index (χ3v) is 4.92. The van der Waals surface area contributed by atoms with Crippen LogP contribution in [0.5, 0.6) is 0 Å². The van der Waals surface area contributed by atoms with Crippen LogP contribution in [0.1, 0.15) is 25.2 Å². The zero-order valence-electron chi connectivity index (χ0n) is 17.1. The summed E-state index contributed by atoms with van der Waals surface area (Å²) in [6.45, 7) is 3.64. The molecule has 4 rings (SSSR count). The number of nitrogens with one attached hydrogen (secondary N) is 1. The second-order valence-electron chi connectivity index (χ2n) is 7.68. The van der Waals surface area contributed by atoms with E-state index < -0.39 is 23.2 Å². The van der Waals surface area contributed by atoms with Gasteiger partial charge in [0.2, 0.25) is 0 Å². The van der Waals surface area contributed by atoms with E-state index in [1.54, 1.807) is 25.1 Å². The Balaban J connectivity index is 1.80. The second kappa shape index (κ2) is 7.44. The monoisotopic (exact) mass is 445 g/mol. The maximum atomic E-state index is 14.7. The maximum absolute atomic E-state index is 14.7. The first-order valence-corrected chi connectivity index (χ1v) is 9.44. The molecule has 5 nitrogen and oxygen atoms in total. The number of hydrogen-bond acceptors (Lipinski definition) is 4. The van der Waals surface area contributed by atoms with E-state index in [-0.39, 0.29) is 17.0 Å². The normalized spacial score (nSPS) is 12.1. The number of nitrogens with zero attached hydrogens (tertiary/aromatic N) is 4. The van der Waals surface area contributed by atoms with Crippen LogP contribution < -0.4 is 5.32 Å². The molecule has 10 heteroatoms. The molecule has 0 radical (unpaired) electrons. The molecule has 0 aliphatic heterocycles. The van der Waals surface area contributed by atoms with Gasteiger partial charge in [-0.25, -0.2) is 8.78 Å². The van der Waals surface area contributed by atoms with Gasteiger partial charge in [-0.3, -0.25) is 4.40 Å². The minimum atomic E-state index is -4.48. The Kier molecular flexibility index (Phi) is 5.00. The van der Waals surface area contributed by atoms with Gasteiger partial charge in [0, 0.05) is 11.3 Å². The zero-order chi connectivity index (χ0) is 23.3.